The lowest BCUT2D eigenvalue weighted by atomic mass is 9.97. The van der Waals surface area contributed by atoms with Crippen molar-refractivity contribution in [3.8, 4) is 5.75 Å². The van der Waals surface area contributed by atoms with Crippen molar-refractivity contribution in [3.05, 3.63) is 29.8 Å². The lowest BCUT2D eigenvalue weighted by Crippen LogP contribution is -2.25. The molecule has 0 aliphatic carbocycles. The average molecular weight is 331 g/mol. The molecule has 0 N–H and O–H groups in total. The van der Waals surface area contributed by atoms with Crippen LogP contribution in [0.3, 0.4) is 0 Å². The van der Waals surface area contributed by atoms with E-state index in [0.29, 0.717) is 12.2 Å². The minimum absolute atomic E-state index is 0.00134. The number of halogens is 3. The standard InChI is InChI=1S/C17H23F3O3/c1-2-3-4-5-6-14(17(18,19)20)11-12-23-15-9-7-13(8-10-15)16(21)22/h7-10,14H,2-6,11-12H2,1H3,(H,21,22)/p-1. The smallest absolute Gasteiger partial charge is 0.391 e. The summed E-state index contributed by atoms with van der Waals surface area (Å²) in [4.78, 5) is 10.6. The van der Waals surface area contributed by atoms with Gasteiger partial charge in [0.2, 0.25) is 0 Å². The Morgan fingerprint density at radius 3 is 2.30 bits per heavy atom. The Hall–Kier alpha value is -1.72. The summed E-state index contributed by atoms with van der Waals surface area (Å²) in [5, 5.41) is 10.6. The fourth-order valence-corrected chi connectivity index (χ4v) is 2.30. The normalized spacial score (nSPS) is 12.9. The number of ether oxygens (including phenoxy) is 1. The number of aromatic carboxylic acids is 1. The first-order chi connectivity index (χ1) is 10.8. The van der Waals surface area contributed by atoms with Crippen LogP contribution in [0.2, 0.25) is 0 Å². The van der Waals surface area contributed by atoms with Crippen LogP contribution in [-0.2, 0) is 0 Å². The Bertz CT molecular complexity index is 469. The summed E-state index contributed by atoms with van der Waals surface area (Å²) in [5.41, 5.74) is 0.00134. The summed E-state index contributed by atoms with van der Waals surface area (Å²) in [6, 6.07) is 5.43. The van der Waals surface area contributed by atoms with Crippen LogP contribution in [0.4, 0.5) is 13.2 Å². The molecule has 0 spiro atoms. The van der Waals surface area contributed by atoms with Crippen LogP contribution < -0.4 is 9.84 Å². The van der Waals surface area contributed by atoms with Gasteiger partial charge in [0.05, 0.1) is 18.5 Å². The molecule has 1 rings (SSSR count). The van der Waals surface area contributed by atoms with Crippen molar-refractivity contribution in [2.45, 2.75) is 51.6 Å². The number of alkyl halides is 3. The first kappa shape index (κ1) is 19.3. The van der Waals surface area contributed by atoms with Gasteiger partial charge in [-0.05, 0) is 42.7 Å². The molecule has 0 aliphatic heterocycles. The third kappa shape index (κ3) is 7.39. The van der Waals surface area contributed by atoms with E-state index in [9.17, 15) is 23.1 Å². The number of unbranched alkanes of at least 4 members (excludes halogenated alkanes) is 3. The van der Waals surface area contributed by atoms with Gasteiger partial charge in [0.1, 0.15) is 5.75 Å². The molecule has 0 aromatic heterocycles. The highest BCUT2D eigenvalue weighted by Crippen LogP contribution is 2.33. The Kier molecular flexibility index (Phi) is 7.92. The molecule has 0 radical (unpaired) electrons. The highest BCUT2D eigenvalue weighted by atomic mass is 19.4. The molecule has 1 unspecified atom stereocenters. The maximum atomic E-state index is 13.0. The van der Waals surface area contributed by atoms with Crippen molar-refractivity contribution in [2.75, 3.05) is 6.61 Å². The summed E-state index contributed by atoms with van der Waals surface area (Å²) < 4.78 is 44.2. The number of hydrogen-bond donors (Lipinski definition) is 0. The van der Waals surface area contributed by atoms with Crippen molar-refractivity contribution in [1.29, 1.82) is 0 Å². The van der Waals surface area contributed by atoms with E-state index in [2.05, 4.69) is 0 Å². The van der Waals surface area contributed by atoms with Crippen LogP contribution in [0.25, 0.3) is 0 Å². The van der Waals surface area contributed by atoms with E-state index in [4.69, 9.17) is 4.74 Å². The number of carboxylic acids is 1. The first-order valence-corrected chi connectivity index (χ1v) is 7.85. The molecule has 3 nitrogen and oxygen atoms in total. The van der Waals surface area contributed by atoms with Crippen molar-refractivity contribution >= 4 is 5.97 Å². The van der Waals surface area contributed by atoms with Gasteiger partial charge in [-0.2, -0.15) is 13.2 Å². The van der Waals surface area contributed by atoms with E-state index in [-0.39, 0.29) is 25.0 Å². The van der Waals surface area contributed by atoms with E-state index in [1.807, 2.05) is 6.92 Å². The number of benzene rings is 1. The lowest BCUT2D eigenvalue weighted by Gasteiger charge is -2.20. The van der Waals surface area contributed by atoms with Gasteiger partial charge in [0.15, 0.2) is 0 Å². The van der Waals surface area contributed by atoms with Crippen molar-refractivity contribution in [3.63, 3.8) is 0 Å². The van der Waals surface area contributed by atoms with E-state index in [1.54, 1.807) is 0 Å². The molecule has 6 heteroatoms. The molecule has 0 fully saturated rings. The van der Waals surface area contributed by atoms with Gasteiger partial charge in [-0.25, -0.2) is 0 Å². The maximum Gasteiger partial charge on any atom is 0.391 e. The van der Waals surface area contributed by atoms with Crippen molar-refractivity contribution in [2.24, 2.45) is 5.92 Å². The largest absolute Gasteiger partial charge is 0.545 e. The number of carbonyl (C=O) groups excluding carboxylic acids is 1. The maximum absolute atomic E-state index is 13.0. The van der Waals surface area contributed by atoms with Gasteiger partial charge in [-0.3, -0.25) is 0 Å². The van der Waals surface area contributed by atoms with Gasteiger partial charge < -0.3 is 14.6 Å². The van der Waals surface area contributed by atoms with E-state index in [1.165, 1.54) is 24.3 Å². The molecule has 1 aromatic rings. The Morgan fingerprint density at radius 1 is 1.13 bits per heavy atom. The molecule has 0 saturated carbocycles. The van der Waals surface area contributed by atoms with Gasteiger partial charge in [-0.15, -0.1) is 0 Å². The second-order valence-corrected chi connectivity index (χ2v) is 5.54. The van der Waals surface area contributed by atoms with E-state index >= 15 is 0 Å². The van der Waals surface area contributed by atoms with Gasteiger partial charge in [-0.1, -0.05) is 32.6 Å². The van der Waals surface area contributed by atoms with Crippen molar-refractivity contribution < 1.29 is 27.8 Å². The van der Waals surface area contributed by atoms with Crippen LogP contribution in [0, 0.1) is 5.92 Å². The SMILES string of the molecule is CCCCCCC(CCOc1ccc(C(=O)[O-])cc1)C(F)(F)F. The highest BCUT2D eigenvalue weighted by Gasteiger charge is 2.38. The van der Waals surface area contributed by atoms with E-state index in [0.717, 1.165) is 19.3 Å². The third-order valence-corrected chi connectivity index (χ3v) is 3.69. The number of carbonyl (C=O) groups is 1. The second kappa shape index (κ2) is 9.43. The Balaban J connectivity index is 2.43. The molecule has 23 heavy (non-hydrogen) atoms. The van der Waals surface area contributed by atoms with Gasteiger partial charge in [0, 0.05) is 0 Å². The first-order valence-electron chi connectivity index (χ1n) is 7.85. The second-order valence-electron chi connectivity index (χ2n) is 5.54. The minimum atomic E-state index is -4.21. The fraction of sp³-hybridized carbons (Fsp3) is 0.588. The third-order valence-electron chi connectivity index (χ3n) is 3.69. The Labute approximate surface area is 134 Å². The number of carboxylic acid groups (broad SMARTS) is 1. The molecule has 0 amide bonds. The molecule has 130 valence electrons. The monoisotopic (exact) mass is 331 g/mol. The Morgan fingerprint density at radius 2 is 1.78 bits per heavy atom. The lowest BCUT2D eigenvalue weighted by molar-refractivity contribution is -0.255. The van der Waals surface area contributed by atoms with E-state index < -0.39 is 18.1 Å². The molecule has 0 saturated heterocycles. The summed E-state index contributed by atoms with van der Waals surface area (Å²) >= 11 is 0. The molecular formula is C17H22F3O3-. The summed E-state index contributed by atoms with van der Waals surface area (Å²) in [6.07, 6.45) is -0.872. The predicted molar refractivity (Wildman–Crippen MR) is 79.2 cm³/mol. The molecular weight excluding hydrogens is 309 g/mol. The van der Waals surface area contributed by atoms with Crippen LogP contribution >= 0.6 is 0 Å². The van der Waals surface area contributed by atoms with Crippen LogP contribution in [-0.4, -0.2) is 18.8 Å². The summed E-state index contributed by atoms with van der Waals surface area (Å²) in [7, 11) is 0. The average Bonchev–Trinajstić information content (AvgIpc) is 2.49. The number of hydrogen-bond acceptors (Lipinski definition) is 3. The minimum Gasteiger partial charge on any atom is -0.545 e. The molecule has 0 aliphatic rings. The zero-order valence-electron chi connectivity index (χ0n) is 13.2. The molecule has 1 atom stereocenters. The molecule has 0 bridgehead atoms. The zero-order chi connectivity index (χ0) is 17.3. The quantitative estimate of drug-likeness (QED) is 0.610. The highest BCUT2D eigenvalue weighted by molar-refractivity contribution is 5.85. The molecule has 1 aromatic carbocycles. The topological polar surface area (TPSA) is 49.4 Å². The summed E-state index contributed by atoms with van der Waals surface area (Å²) in [6.45, 7) is 1.96. The van der Waals surface area contributed by atoms with Gasteiger partial charge >= 0.3 is 6.18 Å². The van der Waals surface area contributed by atoms with Crippen LogP contribution in [0.15, 0.2) is 24.3 Å². The van der Waals surface area contributed by atoms with Crippen molar-refractivity contribution in [1.82, 2.24) is 0 Å². The van der Waals surface area contributed by atoms with Gasteiger partial charge in [0.25, 0.3) is 0 Å². The number of rotatable bonds is 10. The molecule has 0 heterocycles. The zero-order valence-corrected chi connectivity index (χ0v) is 13.2. The predicted octanol–water partition coefficient (Wildman–Crippen LogP) is 3.97. The summed E-state index contributed by atoms with van der Waals surface area (Å²) in [5.74, 6) is -2.32. The fourth-order valence-electron chi connectivity index (χ4n) is 2.30. The van der Waals surface area contributed by atoms with Crippen LogP contribution in [0.5, 0.6) is 5.75 Å². The van der Waals surface area contributed by atoms with Crippen LogP contribution in [0.1, 0.15) is 55.8 Å².